The van der Waals surface area contributed by atoms with E-state index < -0.39 is 23.7 Å². The number of alkyl halides is 6. The number of rotatable bonds is 5. The molecule has 0 aliphatic heterocycles. The van der Waals surface area contributed by atoms with Gasteiger partial charge in [-0.2, -0.15) is 13.2 Å². The molecule has 7 heteroatoms. The second kappa shape index (κ2) is 6.61. The number of thioether (sulfide) groups is 1. The molecule has 0 heterocycles. The summed E-state index contributed by atoms with van der Waals surface area (Å²) >= 11 is 5.07. The predicted molar refractivity (Wildman–Crippen MR) is 62.4 cm³/mol. The van der Waals surface area contributed by atoms with Crippen molar-refractivity contribution in [3.05, 3.63) is 29.3 Å². The largest absolute Gasteiger partial charge is 0.446 e. The van der Waals surface area contributed by atoms with Gasteiger partial charge in [-0.1, -0.05) is 6.07 Å². The molecule has 0 spiro atoms. The molecule has 0 aliphatic rings. The average Bonchev–Trinajstić information content (AvgIpc) is 2.25. The van der Waals surface area contributed by atoms with Gasteiger partial charge in [-0.3, -0.25) is 0 Å². The van der Waals surface area contributed by atoms with Gasteiger partial charge in [-0.15, -0.1) is 11.6 Å². The second-order valence-corrected chi connectivity index (χ2v) is 5.02. The molecule has 0 nitrogen and oxygen atoms in total. The summed E-state index contributed by atoms with van der Waals surface area (Å²) in [5, 5.41) is 0. The molecule has 0 aromatic heterocycles. The van der Waals surface area contributed by atoms with Crippen molar-refractivity contribution in [2.45, 2.75) is 29.7 Å². The van der Waals surface area contributed by atoms with Crippen LogP contribution in [0.3, 0.4) is 0 Å². The zero-order chi connectivity index (χ0) is 13.8. The minimum absolute atomic E-state index is 0.229. The van der Waals surface area contributed by atoms with Crippen molar-refractivity contribution in [2.75, 3.05) is 5.88 Å². The lowest BCUT2D eigenvalue weighted by atomic mass is 10.0. The standard InChI is InChI=1S/C11H10ClF5S/c12-5-1-2-7-3-4-8(18-11(15,16)17)6-9(7)10(13)14/h3-4,6,10H,1-2,5H2. The highest BCUT2D eigenvalue weighted by molar-refractivity contribution is 8.00. The van der Waals surface area contributed by atoms with Crippen LogP contribution in [-0.2, 0) is 6.42 Å². The summed E-state index contributed by atoms with van der Waals surface area (Å²) in [5.41, 5.74) is -4.48. The highest BCUT2D eigenvalue weighted by atomic mass is 35.5. The highest BCUT2D eigenvalue weighted by Gasteiger charge is 2.29. The molecule has 1 aromatic carbocycles. The molecule has 1 rings (SSSR count). The number of aryl methyl sites for hydroxylation is 1. The lowest BCUT2D eigenvalue weighted by Crippen LogP contribution is -2.01. The molecule has 0 unspecified atom stereocenters. The zero-order valence-corrected chi connectivity index (χ0v) is 10.7. The van der Waals surface area contributed by atoms with Crippen LogP contribution in [0.4, 0.5) is 22.0 Å². The van der Waals surface area contributed by atoms with Gasteiger partial charge in [-0.25, -0.2) is 8.78 Å². The van der Waals surface area contributed by atoms with Gasteiger partial charge in [0.2, 0.25) is 0 Å². The van der Waals surface area contributed by atoms with Crippen LogP contribution >= 0.6 is 23.4 Å². The average molecular weight is 305 g/mol. The second-order valence-electron chi connectivity index (χ2n) is 3.50. The van der Waals surface area contributed by atoms with Crippen molar-refractivity contribution >= 4 is 23.4 Å². The van der Waals surface area contributed by atoms with E-state index in [0.717, 1.165) is 6.07 Å². The van der Waals surface area contributed by atoms with Crippen molar-refractivity contribution in [3.8, 4) is 0 Å². The molecule has 1 aromatic rings. The summed E-state index contributed by atoms with van der Waals surface area (Å²) in [4.78, 5) is -0.229. The van der Waals surface area contributed by atoms with E-state index in [-0.39, 0.29) is 10.5 Å². The highest BCUT2D eigenvalue weighted by Crippen LogP contribution is 2.38. The van der Waals surface area contributed by atoms with E-state index >= 15 is 0 Å². The Morgan fingerprint density at radius 3 is 2.39 bits per heavy atom. The van der Waals surface area contributed by atoms with Crippen LogP contribution in [0.25, 0.3) is 0 Å². The smallest absolute Gasteiger partial charge is 0.205 e. The third-order valence-electron chi connectivity index (χ3n) is 2.17. The molecule has 102 valence electrons. The summed E-state index contributed by atoms with van der Waals surface area (Å²) in [6, 6.07) is 3.40. The number of benzene rings is 1. The zero-order valence-electron chi connectivity index (χ0n) is 9.11. The fourth-order valence-corrected chi connectivity index (χ4v) is 2.18. The van der Waals surface area contributed by atoms with Gasteiger partial charge in [0.05, 0.1) is 0 Å². The lowest BCUT2D eigenvalue weighted by molar-refractivity contribution is -0.0328. The quantitative estimate of drug-likeness (QED) is 0.398. The third kappa shape index (κ3) is 5.02. The first-order chi connectivity index (χ1) is 8.33. The Bertz CT molecular complexity index is 392. The number of hydrogen-bond acceptors (Lipinski definition) is 1. The Balaban J connectivity index is 2.96. The van der Waals surface area contributed by atoms with Crippen LogP contribution in [0.2, 0.25) is 0 Å². The number of hydrogen-bond donors (Lipinski definition) is 0. The molecule has 0 saturated heterocycles. The van der Waals surface area contributed by atoms with Gasteiger partial charge in [-0.05, 0) is 42.3 Å². The Kier molecular flexibility index (Phi) is 5.72. The lowest BCUT2D eigenvalue weighted by Gasteiger charge is -2.11. The van der Waals surface area contributed by atoms with Crippen LogP contribution in [0.15, 0.2) is 23.1 Å². The molecule has 0 bridgehead atoms. The first kappa shape index (κ1) is 15.6. The van der Waals surface area contributed by atoms with Crippen molar-refractivity contribution in [3.63, 3.8) is 0 Å². The van der Waals surface area contributed by atoms with Crippen molar-refractivity contribution in [1.82, 2.24) is 0 Å². The van der Waals surface area contributed by atoms with Crippen LogP contribution < -0.4 is 0 Å². The molecule has 0 atom stereocenters. The van der Waals surface area contributed by atoms with Gasteiger partial charge in [0.15, 0.2) is 0 Å². The Hall–Kier alpha value is -0.490. The Morgan fingerprint density at radius 2 is 1.89 bits per heavy atom. The monoisotopic (exact) mass is 304 g/mol. The molecule has 0 aliphatic carbocycles. The normalized spacial score (nSPS) is 12.2. The van der Waals surface area contributed by atoms with E-state index in [0.29, 0.717) is 24.3 Å². The van der Waals surface area contributed by atoms with Crippen molar-refractivity contribution in [2.24, 2.45) is 0 Å². The van der Waals surface area contributed by atoms with Gasteiger partial charge in [0.1, 0.15) is 0 Å². The van der Waals surface area contributed by atoms with E-state index in [2.05, 4.69) is 0 Å². The first-order valence-corrected chi connectivity index (χ1v) is 6.41. The molecule has 18 heavy (non-hydrogen) atoms. The molecule has 0 amide bonds. The summed E-state index contributed by atoms with van der Waals surface area (Å²) in [5.74, 6) is 0.321. The van der Waals surface area contributed by atoms with E-state index in [1.54, 1.807) is 0 Å². The van der Waals surface area contributed by atoms with Crippen LogP contribution in [0, 0.1) is 0 Å². The van der Waals surface area contributed by atoms with E-state index in [9.17, 15) is 22.0 Å². The van der Waals surface area contributed by atoms with Gasteiger partial charge in [0, 0.05) is 16.3 Å². The molecular formula is C11H10ClF5S. The predicted octanol–water partition coefficient (Wildman–Crippen LogP) is 5.41. The van der Waals surface area contributed by atoms with Crippen LogP contribution in [0.5, 0.6) is 0 Å². The summed E-state index contributed by atoms with van der Waals surface area (Å²) in [6.07, 6.45) is -1.95. The maximum Gasteiger partial charge on any atom is 0.446 e. The first-order valence-electron chi connectivity index (χ1n) is 5.06. The maximum atomic E-state index is 12.7. The van der Waals surface area contributed by atoms with Gasteiger partial charge < -0.3 is 0 Å². The van der Waals surface area contributed by atoms with E-state index in [4.69, 9.17) is 11.6 Å². The van der Waals surface area contributed by atoms with Crippen molar-refractivity contribution in [1.29, 1.82) is 0 Å². The SMILES string of the molecule is FC(F)c1cc(SC(F)(F)F)ccc1CCCCl. The summed E-state index contributed by atoms with van der Waals surface area (Å²) in [7, 11) is 0. The van der Waals surface area contributed by atoms with Gasteiger partial charge >= 0.3 is 5.51 Å². The summed E-state index contributed by atoms with van der Waals surface area (Å²) < 4.78 is 61.9. The minimum Gasteiger partial charge on any atom is -0.205 e. The minimum atomic E-state index is -4.48. The topological polar surface area (TPSA) is 0 Å². The van der Waals surface area contributed by atoms with Crippen LogP contribution in [0.1, 0.15) is 24.0 Å². The molecule has 0 fully saturated rings. The van der Waals surface area contributed by atoms with Crippen LogP contribution in [-0.4, -0.2) is 11.4 Å². The molecular weight excluding hydrogens is 295 g/mol. The Morgan fingerprint density at radius 1 is 1.22 bits per heavy atom. The maximum absolute atomic E-state index is 12.7. The molecule has 0 N–H and O–H groups in total. The van der Waals surface area contributed by atoms with E-state index in [1.165, 1.54) is 12.1 Å². The fourth-order valence-electron chi connectivity index (χ4n) is 1.46. The molecule has 0 saturated carbocycles. The molecule has 0 radical (unpaired) electrons. The van der Waals surface area contributed by atoms with Gasteiger partial charge in [0.25, 0.3) is 6.43 Å². The summed E-state index contributed by atoms with van der Waals surface area (Å²) in [6.45, 7) is 0. The van der Waals surface area contributed by atoms with E-state index in [1.807, 2.05) is 0 Å². The number of halogens is 6. The fraction of sp³-hybridized carbons (Fsp3) is 0.455. The van der Waals surface area contributed by atoms with Crippen molar-refractivity contribution < 1.29 is 22.0 Å². The Labute approximate surface area is 111 Å². The third-order valence-corrected chi connectivity index (χ3v) is 3.15.